The first kappa shape index (κ1) is 27.1. The lowest BCUT2D eigenvalue weighted by molar-refractivity contribution is -0.297. The lowest BCUT2D eigenvalue weighted by Gasteiger charge is -2.46. The summed E-state index contributed by atoms with van der Waals surface area (Å²) in [5, 5.41) is 9.31. The van der Waals surface area contributed by atoms with Crippen LogP contribution in [0.25, 0.3) is 0 Å². The average molecular weight is 461 g/mol. The maximum atomic E-state index is 9.31. The molecule has 184 valence electrons. The molecule has 0 unspecified atom stereocenters. The van der Waals surface area contributed by atoms with Crippen molar-refractivity contribution in [3.05, 3.63) is 35.4 Å². The predicted octanol–water partition coefficient (Wildman–Crippen LogP) is 1.08. The highest BCUT2D eigenvalue weighted by Crippen LogP contribution is 2.30. The molecule has 1 aromatic rings. The fourth-order valence-electron chi connectivity index (χ4n) is 3.58. The molecule has 1 saturated heterocycles. The van der Waals surface area contributed by atoms with Gasteiger partial charge in [-0.3, -0.25) is 0 Å². The average Bonchev–Trinajstić information content (AvgIpc) is 2.82. The van der Waals surface area contributed by atoms with Crippen LogP contribution in [0, 0.1) is 0 Å². The molecule has 0 aromatic heterocycles. The molecule has 1 fully saturated rings. The van der Waals surface area contributed by atoms with Crippen LogP contribution in [0.3, 0.4) is 0 Å². The van der Waals surface area contributed by atoms with Crippen molar-refractivity contribution in [3.63, 3.8) is 0 Å². The third-order valence-electron chi connectivity index (χ3n) is 4.99. The van der Waals surface area contributed by atoms with Gasteiger partial charge in [-0.25, -0.2) is 0 Å². The van der Waals surface area contributed by atoms with E-state index in [1.165, 1.54) is 0 Å². The van der Waals surface area contributed by atoms with Crippen LogP contribution in [0.2, 0.25) is 0 Å². The topological polar surface area (TPSA) is 103 Å². The summed E-state index contributed by atoms with van der Waals surface area (Å²) in [5.74, 6) is 0. The summed E-state index contributed by atoms with van der Waals surface area (Å²) in [6.45, 7) is 0.496. The van der Waals surface area contributed by atoms with Gasteiger partial charge in [0.15, 0.2) is 0 Å². The van der Waals surface area contributed by atoms with E-state index >= 15 is 0 Å². The Morgan fingerprint density at radius 1 is 0.688 bits per heavy atom. The van der Waals surface area contributed by atoms with E-state index in [4.69, 9.17) is 42.6 Å². The van der Waals surface area contributed by atoms with Crippen molar-refractivity contribution < 1.29 is 47.7 Å². The second-order valence-corrected chi connectivity index (χ2v) is 7.28. The summed E-state index contributed by atoms with van der Waals surface area (Å²) < 4.78 is 50.4. The Hall–Kier alpha value is -1.18. The summed E-state index contributed by atoms with van der Waals surface area (Å²) in [6, 6.07) is 7.67. The van der Waals surface area contributed by atoms with Gasteiger partial charge in [0, 0.05) is 34.9 Å². The van der Waals surface area contributed by atoms with E-state index in [9.17, 15) is 5.11 Å². The Morgan fingerprint density at radius 3 is 1.72 bits per heavy atom. The summed E-state index contributed by atoms with van der Waals surface area (Å²) in [4.78, 5) is 0. The molecule has 2 rings (SSSR count). The first-order valence-electron chi connectivity index (χ1n) is 10.4. The van der Waals surface area contributed by atoms with Crippen LogP contribution in [0.5, 0.6) is 0 Å². The van der Waals surface area contributed by atoms with Gasteiger partial charge in [0.2, 0.25) is 0 Å². The molecule has 1 aliphatic rings. The van der Waals surface area contributed by atoms with Crippen LogP contribution in [0.1, 0.15) is 11.1 Å². The smallest absolute Gasteiger partial charge is 0.146 e. The molecule has 0 spiro atoms. The van der Waals surface area contributed by atoms with Crippen molar-refractivity contribution in [2.75, 3.05) is 62.2 Å². The molecule has 0 radical (unpaired) electrons. The van der Waals surface area contributed by atoms with Gasteiger partial charge in [-0.1, -0.05) is 24.3 Å². The highest BCUT2D eigenvalue weighted by atomic mass is 16.7. The zero-order valence-electron chi connectivity index (χ0n) is 19.3. The van der Waals surface area contributed by atoms with Gasteiger partial charge in [-0.15, -0.1) is 0 Å². The maximum Gasteiger partial charge on any atom is 0.146 e. The standard InChI is InChI=1S/C22H36O10/c1-24-12-28-11-19-21(30-14-26-3)22(31-15-27-4)20(29-13-25-2)18(32-19)9-16-5-7-17(10-23)8-6-16/h5-8,18-23H,9-15H2,1-4H3/t18-,19+,20-,21+,22+/m0/s1. The number of hydrogen-bond acceptors (Lipinski definition) is 10. The van der Waals surface area contributed by atoms with Crippen LogP contribution in [-0.2, 0) is 55.7 Å². The van der Waals surface area contributed by atoms with Gasteiger partial charge in [0.05, 0.1) is 19.3 Å². The molecule has 1 aromatic carbocycles. The lowest BCUT2D eigenvalue weighted by Crippen LogP contribution is -2.62. The molecule has 0 aliphatic carbocycles. The molecule has 0 saturated carbocycles. The Kier molecular flexibility index (Phi) is 13.2. The number of methoxy groups -OCH3 is 4. The third kappa shape index (κ3) is 8.31. The summed E-state index contributed by atoms with van der Waals surface area (Å²) in [6.07, 6.45) is -1.89. The Labute approximate surface area is 189 Å². The van der Waals surface area contributed by atoms with Crippen LogP contribution < -0.4 is 0 Å². The van der Waals surface area contributed by atoms with E-state index in [1.54, 1.807) is 28.4 Å². The SMILES string of the molecule is COCOC[C@H]1O[C@@H](Cc2ccc(CO)cc2)[C@H](OCOC)[C@@H](OCOC)[C@@H]1OCOC. The highest BCUT2D eigenvalue weighted by Gasteiger charge is 2.48. The van der Waals surface area contributed by atoms with Crippen molar-refractivity contribution in [2.45, 2.75) is 43.5 Å². The van der Waals surface area contributed by atoms with E-state index in [0.29, 0.717) is 6.42 Å². The number of aliphatic hydroxyl groups excluding tert-OH is 1. The zero-order chi connectivity index (χ0) is 23.2. The van der Waals surface area contributed by atoms with Crippen molar-refractivity contribution in [1.29, 1.82) is 0 Å². The van der Waals surface area contributed by atoms with Crippen molar-refractivity contribution in [3.8, 4) is 0 Å². The van der Waals surface area contributed by atoms with Gasteiger partial charge >= 0.3 is 0 Å². The van der Waals surface area contributed by atoms with Gasteiger partial charge in [0.25, 0.3) is 0 Å². The van der Waals surface area contributed by atoms with Gasteiger partial charge in [-0.2, -0.15) is 0 Å². The van der Waals surface area contributed by atoms with E-state index in [1.807, 2.05) is 24.3 Å². The Morgan fingerprint density at radius 2 is 1.19 bits per heavy atom. The fraction of sp³-hybridized carbons (Fsp3) is 0.727. The Balaban J connectivity index is 2.29. The molecule has 1 heterocycles. The molecule has 10 nitrogen and oxygen atoms in total. The van der Waals surface area contributed by atoms with Crippen LogP contribution in [-0.4, -0.2) is 97.8 Å². The normalized spacial score (nSPS) is 25.8. The number of ether oxygens (including phenoxy) is 9. The zero-order valence-corrected chi connectivity index (χ0v) is 19.3. The van der Waals surface area contributed by atoms with E-state index in [2.05, 4.69) is 0 Å². The van der Waals surface area contributed by atoms with E-state index < -0.39 is 24.4 Å². The largest absolute Gasteiger partial charge is 0.392 e. The Bertz CT molecular complexity index is 599. The highest BCUT2D eigenvalue weighted by molar-refractivity contribution is 5.23. The second-order valence-electron chi connectivity index (χ2n) is 7.28. The van der Waals surface area contributed by atoms with Crippen molar-refractivity contribution in [1.82, 2.24) is 0 Å². The molecule has 1 N–H and O–H groups in total. The maximum absolute atomic E-state index is 9.31. The molecule has 1 aliphatic heterocycles. The number of hydrogen-bond donors (Lipinski definition) is 1. The molecule has 32 heavy (non-hydrogen) atoms. The summed E-state index contributed by atoms with van der Waals surface area (Å²) in [7, 11) is 6.20. The second kappa shape index (κ2) is 15.6. The first-order valence-corrected chi connectivity index (χ1v) is 10.4. The van der Waals surface area contributed by atoms with Crippen molar-refractivity contribution >= 4 is 0 Å². The fourth-order valence-corrected chi connectivity index (χ4v) is 3.58. The molecule has 0 amide bonds. The van der Waals surface area contributed by atoms with Crippen LogP contribution >= 0.6 is 0 Å². The van der Waals surface area contributed by atoms with Crippen molar-refractivity contribution in [2.24, 2.45) is 0 Å². The molecule has 10 heteroatoms. The predicted molar refractivity (Wildman–Crippen MR) is 113 cm³/mol. The van der Waals surface area contributed by atoms with Crippen LogP contribution in [0.15, 0.2) is 24.3 Å². The minimum Gasteiger partial charge on any atom is -0.392 e. The molecular formula is C22H36O10. The van der Waals surface area contributed by atoms with Crippen LogP contribution in [0.4, 0.5) is 0 Å². The lowest BCUT2D eigenvalue weighted by atomic mass is 9.91. The third-order valence-corrected chi connectivity index (χ3v) is 4.99. The number of benzene rings is 1. The minimum absolute atomic E-state index is 0.00978. The van der Waals surface area contributed by atoms with Gasteiger partial charge in [-0.05, 0) is 11.1 Å². The summed E-state index contributed by atoms with van der Waals surface area (Å²) in [5.41, 5.74) is 1.86. The first-order chi connectivity index (χ1) is 15.7. The monoisotopic (exact) mass is 460 g/mol. The minimum atomic E-state index is -0.545. The van der Waals surface area contributed by atoms with E-state index in [-0.39, 0.29) is 46.5 Å². The molecule has 0 bridgehead atoms. The number of aliphatic hydroxyl groups is 1. The molecular weight excluding hydrogens is 424 g/mol. The molecule has 5 atom stereocenters. The van der Waals surface area contributed by atoms with E-state index in [0.717, 1.165) is 11.1 Å². The quantitative estimate of drug-likeness (QED) is 0.285. The summed E-state index contributed by atoms with van der Waals surface area (Å²) >= 11 is 0. The number of rotatable bonds is 16. The van der Waals surface area contributed by atoms with Gasteiger partial charge < -0.3 is 47.7 Å². The van der Waals surface area contributed by atoms with Gasteiger partial charge in [0.1, 0.15) is 51.6 Å².